The summed E-state index contributed by atoms with van der Waals surface area (Å²) in [5, 5.41) is 4.50. The van der Waals surface area contributed by atoms with Crippen molar-refractivity contribution in [2.24, 2.45) is 7.05 Å². The lowest BCUT2D eigenvalue weighted by atomic mass is 10.1. The summed E-state index contributed by atoms with van der Waals surface area (Å²) in [5.41, 5.74) is 2.67. The second kappa shape index (κ2) is 9.37. The van der Waals surface area contributed by atoms with Gasteiger partial charge in [-0.1, -0.05) is 6.92 Å². The van der Waals surface area contributed by atoms with Gasteiger partial charge in [-0.05, 0) is 31.4 Å². The molecule has 2 aliphatic rings. The molecule has 194 valence electrons. The fourth-order valence-corrected chi connectivity index (χ4v) is 4.97. The van der Waals surface area contributed by atoms with Gasteiger partial charge in [-0.2, -0.15) is 15.1 Å². The lowest BCUT2D eigenvalue weighted by molar-refractivity contribution is 0.0392. The predicted molar refractivity (Wildman–Crippen MR) is 137 cm³/mol. The van der Waals surface area contributed by atoms with E-state index in [1.165, 1.54) is 12.1 Å². The molecule has 0 N–H and O–H groups in total. The number of imidazole rings is 1. The summed E-state index contributed by atoms with van der Waals surface area (Å²) in [6.07, 6.45) is 7.02. The van der Waals surface area contributed by atoms with Crippen LogP contribution in [0.3, 0.4) is 0 Å². The number of aryl methyl sites for hydroxylation is 1. The van der Waals surface area contributed by atoms with Crippen molar-refractivity contribution in [2.45, 2.75) is 38.3 Å². The highest BCUT2D eigenvalue weighted by Crippen LogP contribution is 2.36. The summed E-state index contributed by atoms with van der Waals surface area (Å²) >= 11 is 0. The molecule has 1 atom stereocenters. The van der Waals surface area contributed by atoms with Crippen LogP contribution in [0.2, 0.25) is 0 Å². The number of halogens is 2. The molecule has 1 aromatic carbocycles. The molecule has 11 heteroatoms. The zero-order chi connectivity index (χ0) is 25.7. The molecule has 3 aromatic heterocycles. The van der Waals surface area contributed by atoms with E-state index < -0.39 is 11.6 Å². The van der Waals surface area contributed by atoms with E-state index in [2.05, 4.69) is 18.2 Å². The molecule has 0 bridgehead atoms. The average molecular weight is 509 g/mol. The van der Waals surface area contributed by atoms with Gasteiger partial charge in [0.15, 0.2) is 5.65 Å². The fourth-order valence-electron chi connectivity index (χ4n) is 4.97. The highest BCUT2D eigenvalue weighted by molar-refractivity contribution is 5.90. The molecular formula is C26H30F2N8O. The SMILES string of the molecule is CCCN(C)c1nc2nc(N3CCOC(c4cnn(C5CC5)c4)C3)nc(-c3ccc(F)cc3F)c2n1C. The molecule has 1 aliphatic carbocycles. The number of hydrogen-bond donors (Lipinski definition) is 0. The van der Waals surface area contributed by atoms with Gasteiger partial charge in [0.2, 0.25) is 11.9 Å². The Morgan fingerprint density at radius 3 is 2.76 bits per heavy atom. The Kier molecular flexibility index (Phi) is 6.02. The molecule has 2 fully saturated rings. The summed E-state index contributed by atoms with van der Waals surface area (Å²) < 4.78 is 38.7. The highest BCUT2D eigenvalue weighted by atomic mass is 19.1. The monoisotopic (exact) mass is 508 g/mol. The highest BCUT2D eigenvalue weighted by Gasteiger charge is 2.30. The third-order valence-electron chi connectivity index (χ3n) is 7.05. The number of aromatic nitrogens is 6. The van der Waals surface area contributed by atoms with Crippen LogP contribution in [-0.2, 0) is 11.8 Å². The maximum Gasteiger partial charge on any atom is 0.228 e. The first-order valence-electron chi connectivity index (χ1n) is 12.7. The summed E-state index contributed by atoms with van der Waals surface area (Å²) in [4.78, 5) is 18.5. The molecule has 0 spiro atoms. The number of hydrogen-bond acceptors (Lipinski definition) is 7. The van der Waals surface area contributed by atoms with Crippen LogP contribution in [-0.4, -0.2) is 62.6 Å². The smallest absolute Gasteiger partial charge is 0.228 e. The first-order valence-corrected chi connectivity index (χ1v) is 12.7. The zero-order valence-corrected chi connectivity index (χ0v) is 21.2. The van der Waals surface area contributed by atoms with Crippen molar-refractivity contribution < 1.29 is 13.5 Å². The van der Waals surface area contributed by atoms with Gasteiger partial charge in [-0.15, -0.1) is 0 Å². The van der Waals surface area contributed by atoms with Crippen LogP contribution in [0.25, 0.3) is 22.4 Å². The molecule has 0 amide bonds. The van der Waals surface area contributed by atoms with Gasteiger partial charge in [0, 0.05) is 50.6 Å². The first kappa shape index (κ1) is 23.8. The number of rotatable bonds is 7. The van der Waals surface area contributed by atoms with E-state index in [0.717, 1.165) is 37.4 Å². The van der Waals surface area contributed by atoms with E-state index in [0.29, 0.717) is 54.5 Å². The van der Waals surface area contributed by atoms with Gasteiger partial charge in [0.05, 0.1) is 25.4 Å². The number of morpholine rings is 1. The number of fused-ring (bicyclic) bond motifs is 1. The van der Waals surface area contributed by atoms with E-state index in [9.17, 15) is 4.39 Å². The molecule has 1 saturated carbocycles. The van der Waals surface area contributed by atoms with Gasteiger partial charge < -0.3 is 19.1 Å². The minimum Gasteiger partial charge on any atom is -0.370 e. The Morgan fingerprint density at radius 1 is 1.16 bits per heavy atom. The Morgan fingerprint density at radius 2 is 2.00 bits per heavy atom. The minimum atomic E-state index is -0.678. The fraction of sp³-hybridized carbons (Fsp3) is 0.462. The third kappa shape index (κ3) is 4.41. The lowest BCUT2D eigenvalue weighted by Gasteiger charge is -2.32. The molecule has 1 saturated heterocycles. The van der Waals surface area contributed by atoms with Crippen molar-refractivity contribution in [3.05, 3.63) is 47.8 Å². The predicted octanol–water partition coefficient (Wildman–Crippen LogP) is 4.26. The topological polar surface area (TPSA) is 77.1 Å². The van der Waals surface area contributed by atoms with Crippen molar-refractivity contribution in [1.82, 2.24) is 29.3 Å². The van der Waals surface area contributed by atoms with Crippen molar-refractivity contribution in [3.63, 3.8) is 0 Å². The molecule has 6 rings (SSSR count). The van der Waals surface area contributed by atoms with Gasteiger partial charge in [-0.25, -0.2) is 13.8 Å². The van der Waals surface area contributed by atoms with Crippen molar-refractivity contribution in [1.29, 1.82) is 0 Å². The molecule has 0 radical (unpaired) electrons. The van der Waals surface area contributed by atoms with Gasteiger partial charge in [0.1, 0.15) is 28.9 Å². The normalized spacial score (nSPS) is 18.1. The van der Waals surface area contributed by atoms with Crippen LogP contribution >= 0.6 is 0 Å². The molecule has 4 heterocycles. The van der Waals surface area contributed by atoms with Crippen molar-refractivity contribution >= 4 is 23.1 Å². The van der Waals surface area contributed by atoms with E-state index in [1.807, 2.05) is 39.3 Å². The molecule has 4 aromatic rings. The molecule has 9 nitrogen and oxygen atoms in total. The number of ether oxygens (including phenoxy) is 1. The van der Waals surface area contributed by atoms with Crippen LogP contribution < -0.4 is 9.80 Å². The number of anilines is 2. The molecule has 37 heavy (non-hydrogen) atoms. The van der Waals surface area contributed by atoms with Crippen LogP contribution in [0.1, 0.15) is 43.9 Å². The van der Waals surface area contributed by atoms with Gasteiger partial charge >= 0.3 is 0 Å². The van der Waals surface area contributed by atoms with Crippen molar-refractivity contribution in [3.8, 4) is 11.3 Å². The summed E-state index contributed by atoms with van der Waals surface area (Å²) in [6, 6.07) is 4.05. The summed E-state index contributed by atoms with van der Waals surface area (Å²) in [5.74, 6) is -0.165. The quantitative estimate of drug-likeness (QED) is 0.369. The number of benzene rings is 1. The molecule has 1 unspecified atom stereocenters. The van der Waals surface area contributed by atoms with Crippen LogP contribution in [0, 0.1) is 11.6 Å². The molecular weight excluding hydrogens is 478 g/mol. The zero-order valence-electron chi connectivity index (χ0n) is 21.2. The Hall–Kier alpha value is -3.60. The minimum absolute atomic E-state index is 0.179. The van der Waals surface area contributed by atoms with Gasteiger partial charge in [-0.3, -0.25) is 4.68 Å². The van der Waals surface area contributed by atoms with Crippen LogP contribution in [0.4, 0.5) is 20.7 Å². The van der Waals surface area contributed by atoms with E-state index in [4.69, 9.17) is 19.7 Å². The van der Waals surface area contributed by atoms with E-state index in [-0.39, 0.29) is 11.7 Å². The standard InChI is InChI=1S/C26H30F2N8O/c1-4-9-33(2)26-32-24-23(34(26)3)22(19-8-5-17(27)12-20(19)28)30-25(31-24)35-10-11-37-21(15-35)16-13-29-36(14-16)18-6-7-18/h5,8,12-14,18,21H,4,6-7,9-11,15H2,1-3H3. The Labute approximate surface area is 213 Å². The second-order valence-electron chi connectivity index (χ2n) is 9.85. The van der Waals surface area contributed by atoms with Crippen molar-refractivity contribution in [2.75, 3.05) is 43.1 Å². The summed E-state index contributed by atoms with van der Waals surface area (Å²) in [7, 11) is 3.83. The average Bonchev–Trinajstić information content (AvgIpc) is 3.52. The Bertz CT molecular complexity index is 1450. The largest absolute Gasteiger partial charge is 0.370 e. The maximum absolute atomic E-state index is 15.0. The van der Waals surface area contributed by atoms with Crippen LogP contribution in [0.5, 0.6) is 0 Å². The second-order valence-corrected chi connectivity index (χ2v) is 9.85. The Balaban J connectivity index is 1.42. The first-order chi connectivity index (χ1) is 17.9. The van der Waals surface area contributed by atoms with Crippen LogP contribution in [0.15, 0.2) is 30.6 Å². The van der Waals surface area contributed by atoms with Gasteiger partial charge in [0.25, 0.3) is 0 Å². The lowest BCUT2D eigenvalue weighted by Crippen LogP contribution is -2.39. The third-order valence-corrected chi connectivity index (χ3v) is 7.05. The molecule has 1 aliphatic heterocycles. The summed E-state index contributed by atoms with van der Waals surface area (Å²) in [6.45, 7) is 4.51. The van der Waals surface area contributed by atoms with E-state index >= 15 is 4.39 Å². The number of nitrogens with zero attached hydrogens (tertiary/aromatic N) is 8. The maximum atomic E-state index is 15.0. The van der Waals surface area contributed by atoms with E-state index in [1.54, 1.807) is 0 Å².